The van der Waals surface area contributed by atoms with Crippen LogP contribution in [0.3, 0.4) is 0 Å². The molecule has 1 unspecified atom stereocenters. The average molecular weight is 347 g/mol. The predicted molar refractivity (Wildman–Crippen MR) is 94.4 cm³/mol. The average Bonchev–Trinajstić information content (AvgIpc) is 2.63. The number of nitrogens with two attached hydrogens (primary N) is 1. The highest BCUT2D eigenvalue weighted by molar-refractivity contribution is 6.29. The zero-order chi connectivity index (χ0) is 17.0. The lowest BCUT2D eigenvalue weighted by Gasteiger charge is -2.44. The normalized spacial score (nSPS) is 29.8. The standard InChI is InChI=1S/C18H23ClN4O/c19-14-3-1-2-13(10-14)18(12-20)6-4-15(5-7-18)23-17(24)16-11-21-8-9-22-16/h1-3,8-9,11,13,15H,4-7,10,12,20H2,(H,23,24)/t13?,15-,18-. The van der Waals surface area contributed by atoms with Crippen molar-refractivity contribution in [3.8, 4) is 0 Å². The van der Waals surface area contributed by atoms with Gasteiger partial charge < -0.3 is 11.1 Å². The van der Waals surface area contributed by atoms with E-state index >= 15 is 0 Å². The van der Waals surface area contributed by atoms with Crippen LogP contribution < -0.4 is 11.1 Å². The molecule has 0 spiro atoms. The van der Waals surface area contributed by atoms with Crippen molar-refractivity contribution in [3.05, 3.63) is 47.5 Å². The van der Waals surface area contributed by atoms with Crippen molar-refractivity contribution < 1.29 is 4.79 Å². The van der Waals surface area contributed by atoms with Gasteiger partial charge in [-0.25, -0.2) is 4.98 Å². The second kappa shape index (κ2) is 7.45. The fraction of sp³-hybridized carbons (Fsp3) is 0.500. The summed E-state index contributed by atoms with van der Waals surface area (Å²) in [5, 5.41) is 3.97. The maximum atomic E-state index is 12.2. The minimum Gasteiger partial charge on any atom is -0.348 e. The zero-order valence-corrected chi connectivity index (χ0v) is 14.4. The van der Waals surface area contributed by atoms with E-state index in [9.17, 15) is 4.79 Å². The lowest BCUT2D eigenvalue weighted by atomic mass is 9.63. The minimum atomic E-state index is -0.156. The number of allylic oxidation sites excluding steroid dienone is 4. The Bertz CT molecular complexity index is 636. The van der Waals surface area contributed by atoms with E-state index in [0.29, 0.717) is 18.2 Å². The first-order valence-electron chi connectivity index (χ1n) is 8.43. The molecule has 6 heteroatoms. The van der Waals surface area contributed by atoms with E-state index in [1.54, 1.807) is 6.20 Å². The van der Waals surface area contributed by atoms with Crippen molar-refractivity contribution in [1.29, 1.82) is 0 Å². The molecule has 1 aromatic heterocycles. The third-order valence-electron chi connectivity index (χ3n) is 5.34. The van der Waals surface area contributed by atoms with Gasteiger partial charge in [-0.15, -0.1) is 0 Å². The summed E-state index contributed by atoms with van der Waals surface area (Å²) in [5.41, 5.74) is 6.59. The summed E-state index contributed by atoms with van der Waals surface area (Å²) in [4.78, 5) is 20.2. The summed E-state index contributed by atoms with van der Waals surface area (Å²) in [7, 11) is 0. The number of nitrogens with zero attached hydrogens (tertiary/aromatic N) is 2. The molecule has 0 saturated heterocycles. The number of hydrogen-bond acceptors (Lipinski definition) is 4. The first-order chi connectivity index (χ1) is 11.6. The van der Waals surface area contributed by atoms with Gasteiger partial charge in [0.2, 0.25) is 0 Å². The number of aromatic nitrogens is 2. The van der Waals surface area contributed by atoms with Crippen molar-refractivity contribution >= 4 is 17.5 Å². The van der Waals surface area contributed by atoms with E-state index in [4.69, 9.17) is 17.3 Å². The summed E-state index contributed by atoms with van der Waals surface area (Å²) in [6.07, 6.45) is 15.5. The van der Waals surface area contributed by atoms with Crippen LogP contribution in [0.25, 0.3) is 0 Å². The Morgan fingerprint density at radius 2 is 2.17 bits per heavy atom. The molecule has 2 aliphatic carbocycles. The Morgan fingerprint density at radius 3 is 2.79 bits per heavy atom. The molecular formula is C18H23ClN4O. The third-order valence-corrected chi connectivity index (χ3v) is 5.62. The number of carbonyl (C=O) groups is 1. The molecule has 0 bridgehead atoms. The summed E-state index contributed by atoms with van der Waals surface area (Å²) >= 11 is 6.21. The first-order valence-corrected chi connectivity index (χ1v) is 8.80. The maximum Gasteiger partial charge on any atom is 0.271 e. The van der Waals surface area contributed by atoms with Gasteiger partial charge in [0, 0.05) is 23.5 Å². The monoisotopic (exact) mass is 346 g/mol. The Balaban J connectivity index is 1.59. The van der Waals surface area contributed by atoms with Gasteiger partial charge in [0.05, 0.1) is 6.20 Å². The smallest absolute Gasteiger partial charge is 0.271 e. The fourth-order valence-electron chi connectivity index (χ4n) is 3.80. The molecule has 1 saturated carbocycles. The Hall–Kier alpha value is -1.72. The molecule has 5 nitrogen and oxygen atoms in total. The van der Waals surface area contributed by atoms with Crippen LogP contribution in [0.5, 0.6) is 0 Å². The second-order valence-corrected chi connectivity index (χ2v) is 7.20. The predicted octanol–water partition coefficient (Wildman–Crippen LogP) is 2.79. The molecule has 128 valence electrons. The lowest BCUT2D eigenvalue weighted by Crippen LogP contribution is -2.46. The zero-order valence-electron chi connectivity index (χ0n) is 13.6. The van der Waals surface area contributed by atoms with Gasteiger partial charge in [-0.1, -0.05) is 23.8 Å². The molecule has 0 aliphatic heterocycles. The molecule has 1 fully saturated rings. The van der Waals surface area contributed by atoms with E-state index in [-0.39, 0.29) is 17.4 Å². The molecule has 1 amide bonds. The SMILES string of the molecule is NC[C@]1(C2C=CC=C(Cl)C2)CC[C@H](NC(=O)c2cnccn2)CC1. The molecule has 3 N–H and O–H groups in total. The summed E-state index contributed by atoms with van der Waals surface area (Å²) < 4.78 is 0. The van der Waals surface area contributed by atoms with Crippen molar-refractivity contribution in [1.82, 2.24) is 15.3 Å². The van der Waals surface area contributed by atoms with Crippen LogP contribution in [0.1, 0.15) is 42.6 Å². The Morgan fingerprint density at radius 1 is 1.38 bits per heavy atom. The molecule has 24 heavy (non-hydrogen) atoms. The van der Waals surface area contributed by atoms with Crippen molar-refractivity contribution in [3.63, 3.8) is 0 Å². The van der Waals surface area contributed by atoms with E-state index in [1.165, 1.54) is 12.4 Å². The molecular weight excluding hydrogens is 324 g/mol. The minimum absolute atomic E-state index is 0.0820. The highest BCUT2D eigenvalue weighted by Gasteiger charge is 2.40. The molecule has 1 atom stereocenters. The molecule has 0 radical (unpaired) electrons. The van der Waals surface area contributed by atoms with Gasteiger partial charge in [0.1, 0.15) is 5.69 Å². The largest absolute Gasteiger partial charge is 0.348 e. The van der Waals surface area contributed by atoms with Gasteiger partial charge in [0.15, 0.2) is 0 Å². The molecule has 3 rings (SSSR count). The summed E-state index contributed by atoms with van der Waals surface area (Å²) in [5.74, 6) is 0.230. The van der Waals surface area contributed by atoms with Gasteiger partial charge in [-0.3, -0.25) is 9.78 Å². The van der Waals surface area contributed by atoms with E-state index in [1.807, 2.05) is 12.2 Å². The van der Waals surface area contributed by atoms with Crippen LogP contribution in [0.2, 0.25) is 0 Å². The topological polar surface area (TPSA) is 80.9 Å². The van der Waals surface area contributed by atoms with Crippen LogP contribution in [-0.4, -0.2) is 28.5 Å². The van der Waals surface area contributed by atoms with Gasteiger partial charge in [0.25, 0.3) is 5.91 Å². The lowest BCUT2D eigenvalue weighted by molar-refractivity contribution is 0.0848. The summed E-state index contributed by atoms with van der Waals surface area (Å²) in [6, 6.07) is 0.165. The number of nitrogens with one attached hydrogen (secondary N) is 1. The Labute approximate surface area is 147 Å². The van der Waals surface area contributed by atoms with Crippen LogP contribution in [0.15, 0.2) is 41.9 Å². The maximum absolute atomic E-state index is 12.2. The molecule has 0 aromatic carbocycles. The van der Waals surface area contributed by atoms with Crippen LogP contribution in [0.4, 0.5) is 0 Å². The quantitative estimate of drug-likeness (QED) is 0.878. The van der Waals surface area contributed by atoms with E-state index in [2.05, 4.69) is 21.4 Å². The van der Waals surface area contributed by atoms with E-state index < -0.39 is 0 Å². The number of carbonyl (C=O) groups excluding carboxylic acids is 1. The van der Waals surface area contributed by atoms with Crippen molar-refractivity contribution in [2.24, 2.45) is 17.1 Å². The Kier molecular flexibility index (Phi) is 5.31. The third kappa shape index (κ3) is 3.68. The molecule has 2 aliphatic rings. The first kappa shape index (κ1) is 17.1. The van der Waals surface area contributed by atoms with Crippen LogP contribution >= 0.6 is 11.6 Å². The highest BCUT2D eigenvalue weighted by atomic mass is 35.5. The fourth-order valence-corrected chi connectivity index (χ4v) is 4.04. The summed E-state index contributed by atoms with van der Waals surface area (Å²) in [6.45, 7) is 0.650. The number of rotatable bonds is 4. The van der Waals surface area contributed by atoms with Gasteiger partial charge >= 0.3 is 0 Å². The highest BCUT2D eigenvalue weighted by Crippen LogP contribution is 2.46. The van der Waals surface area contributed by atoms with E-state index in [0.717, 1.165) is 37.1 Å². The number of hydrogen-bond donors (Lipinski definition) is 2. The molecule has 1 heterocycles. The number of halogens is 1. The van der Waals surface area contributed by atoms with Gasteiger partial charge in [-0.2, -0.15) is 0 Å². The second-order valence-electron chi connectivity index (χ2n) is 6.71. The van der Waals surface area contributed by atoms with Crippen molar-refractivity contribution in [2.45, 2.75) is 38.1 Å². The number of amides is 1. The van der Waals surface area contributed by atoms with Crippen molar-refractivity contribution in [2.75, 3.05) is 6.54 Å². The molecule has 1 aromatic rings. The van der Waals surface area contributed by atoms with Gasteiger partial charge in [-0.05, 0) is 56.1 Å². The van der Waals surface area contributed by atoms with Crippen LogP contribution in [0, 0.1) is 11.3 Å². The van der Waals surface area contributed by atoms with Crippen LogP contribution in [-0.2, 0) is 0 Å².